The van der Waals surface area contributed by atoms with Crippen LogP contribution in [0.4, 0.5) is 5.69 Å². The number of carbonyl (C=O) groups excluding carboxylic acids is 1. The van der Waals surface area contributed by atoms with Gasteiger partial charge in [0.15, 0.2) is 0 Å². The number of nitrogens with zero attached hydrogens (tertiary/aromatic N) is 2. The van der Waals surface area contributed by atoms with Crippen LogP contribution in [-0.4, -0.2) is 37.8 Å². The highest BCUT2D eigenvalue weighted by molar-refractivity contribution is 7.89. The van der Waals surface area contributed by atoms with Crippen LogP contribution in [0.5, 0.6) is 5.75 Å². The number of carbonyl (C=O) groups is 1. The van der Waals surface area contributed by atoms with Crippen LogP contribution < -0.4 is 9.64 Å². The predicted octanol–water partition coefficient (Wildman–Crippen LogP) is 3.85. The van der Waals surface area contributed by atoms with E-state index in [0.29, 0.717) is 18.1 Å². The molecule has 3 aromatic rings. The molecule has 1 aliphatic rings. The van der Waals surface area contributed by atoms with Crippen LogP contribution in [-0.2, 0) is 27.8 Å². The Balaban J connectivity index is 1.63. The van der Waals surface area contributed by atoms with Crippen LogP contribution in [0.15, 0.2) is 76.2 Å². The predicted molar refractivity (Wildman–Crippen MR) is 121 cm³/mol. The standard InChI is InChI=1S/C24H26N2O5S/c1-3-30-20-10-12-22(13-11-20)32(28,29)25(16-21-8-6-14-31-21)17-24(27)26-18(2)15-19-7-4-5-9-23(19)26/h4-14,18H,3,15-17H2,1-2H3. The molecule has 0 bridgehead atoms. The van der Waals surface area contributed by atoms with E-state index in [2.05, 4.69) is 0 Å². The molecule has 1 atom stereocenters. The van der Waals surface area contributed by atoms with Gasteiger partial charge in [-0.3, -0.25) is 4.79 Å². The van der Waals surface area contributed by atoms with Crippen molar-refractivity contribution < 1.29 is 22.4 Å². The molecule has 0 saturated heterocycles. The first-order valence-electron chi connectivity index (χ1n) is 10.6. The number of hydrogen-bond acceptors (Lipinski definition) is 5. The number of furan rings is 1. The third-order valence-electron chi connectivity index (χ3n) is 5.47. The van der Waals surface area contributed by atoms with Crippen molar-refractivity contribution in [3.63, 3.8) is 0 Å². The van der Waals surface area contributed by atoms with Crippen LogP contribution in [0.3, 0.4) is 0 Å². The summed E-state index contributed by atoms with van der Waals surface area (Å²) >= 11 is 0. The Morgan fingerprint density at radius 2 is 1.88 bits per heavy atom. The van der Waals surface area contributed by atoms with E-state index < -0.39 is 10.0 Å². The molecule has 0 radical (unpaired) electrons. The molecule has 8 heteroatoms. The van der Waals surface area contributed by atoms with Crippen molar-refractivity contribution in [1.82, 2.24) is 4.31 Å². The molecule has 0 spiro atoms. The largest absolute Gasteiger partial charge is 0.494 e. The lowest BCUT2D eigenvalue weighted by molar-refractivity contribution is -0.119. The summed E-state index contributed by atoms with van der Waals surface area (Å²) < 4.78 is 38.9. The van der Waals surface area contributed by atoms with Gasteiger partial charge in [-0.1, -0.05) is 18.2 Å². The van der Waals surface area contributed by atoms with Crippen LogP contribution in [0.2, 0.25) is 0 Å². The number of para-hydroxylation sites is 1. The van der Waals surface area contributed by atoms with Gasteiger partial charge in [-0.05, 0) is 68.3 Å². The zero-order valence-electron chi connectivity index (χ0n) is 18.1. The molecule has 0 fully saturated rings. The Morgan fingerprint density at radius 3 is 2.56 bits per heavy atom. The van der Waals surface area contributed by atoms with E-state index in [4.69, 9.17) is 9.15 Å². The summed E-state index contributed by atoms with van der Waals surface area (Å²) in [5, 5.41) is 0. The van der Waals surface area contributed by atoms with E-state index in [9.17, 15) is 13.2 Å². The highest BCUT2D eigenvalue weighted by Gasteiger charge is 2.34. The molecule has 4 rings (SSSR count). The minimum atomic E-state index is -3.96. The first-order chi connectivity index (χ1) is 15.4. The number of ether oxygens (including phenoxy) is 1. The van der Waals surface area contributed by atoms with Crippen LogP contribution in [0, 0.1) is 0 Å². The molecular weight excluding hydrogens is 428 g/mol. The smallest absolute Gasteiger partial charge is 0.243 e. The lowest BCUT2D eigenvalue weighted by Crippen LogP contribution is -2.44. The monoisotopic (exact) mass is 454 g/mol. The SMILES string of the molecule is CCOc1ccc(S(=O)(=O)N(CC(=O)N2c3ccccc3CC2C)Cc2ccco2)cc1. The molecular formula is C24H26N2O5S. The Kier molecular flexibility index (Phi) is 6.34. The van der Waals surface area contributed by atoms with Crippen molar-refractivity contribution in [1.29, 1.82) is 0 Å². The van der Waals surface area contributed by atoms with E-state index in [1.807, 2.05) is 38.1 Å². The zero-order valence-corrected chi connectivity index (χ0v) is 18.9. The van der Waals surface area contributed by atoms with Crippen molar-refractivity contribution in [2.24, 2.45) is 0 Å². The van der Waals surface area contributed by atoms with E-state index >= 15 is 0 Å². The van der Waals surface area contributed by atoms with Gasteiger partial charge < -0.3 is 14.1 Å². The van der Waals surface area contributed by atoms with Gasteiger partial charge >= 0.3 is 0 Å². The number of sulfonamides is 1. The van der Waals surface area contributed by atoms with E-state index in [1.54, 1.807) is 29.2 Å². The number of fused-ring (bicyclic) bond motifs is 1. The molecule has 1 aromatic heterocycles. The maximum Gasteiger partial charge on any atom is 0.243 e. The second-order valence-electron chi connectivity index (χ2n) is 7.70. The fraction of sp³-hybridized carbons (Fsp3) is 0.292. The van der Waals surface area contributed by atoms with Crippen molar-refractivity contribution in [2.75, 3.05) is 18.1 Å². The number of amides is 1. The minimum Gasteiger partial charge on any atom is -0.494 e. The summed E-state index contributed by atoms with van der Waals surface area (Å²) in [4.78, 5) is 15.1. The number of benzene rings is 2. The van der Waals surface area contributed by atoms with Crippen molar-refractivity contribution in [3.05, 3.63) is 78.3 Å². The third-order valence-corrected chi connectivity index (χ3v) is 7.28. The molecule has 0 saturated carbocycles. The van der Waals surface area contributed by atoms with Gasteiger partial charge in [-0.25, -0.2) is 8.42 Å². The lowest BCUT2D eigenvalue weighted by Gasteiger charge is -2.27. The van der Waals surface area contributed by atoms with Crippen molar-refractivity contribution in [2.45, 2.75) is 37.8 Å². The van der Waals surface area contributed by atoms with Crippen LogP contribution in [0.25, 0.3) is 0 Å². The highest BCUT2D eigenvalue weighted by atomic mass is 32.2. The van der Waals surface area contributed by atoms with E-state index in [1.165, 1.54) is 18.4 Å². The molecule has 0 N–H and O–H groups in total. The molecule has 2 aromatic carbocycles. The quantitative estimate of drug-likeness (QED) is 0.517. The van der Waals surface area contributed by atoms with Gasteiger partial charge in [0, 0.05) is 11.7 Å². The van der Waals surface area contributed by atoms with E-state index in [0.717, 1.165) is 22.0 Å². The van der Waals surface area contributed by atoms with Crippen molar-refractivity contribution >= 4 is 21.6 Å². The highest BCUT2D eigenvalue weighted by Crippen LogP contribution is 2.32. The first-order valence-corrected chi connectivity index (χ1v) is 12.0. The normalized spacial score (nSPS) is 15.7. The fourth-order valence-corrected chi connectivity index (χ4v) is 5.35. The minimum absolute atomic E-state index is 0.0430. The summed E-state index contributed by atoms with van der Waals surface area (Å²) in [5.74, 6) is 0.772. The van der Waals surface area contributed by atoms with Gasteiger partial charge in [0.25, 0.3) is 0 Å². The number of anilines is 1. The first kappa shape index (κ1) is 22.1. The average molecular weight is 455 g/mol. The Labute approximate surface area is 188 Å². The maximum atomic E-state index is 13.5. The molecule has 7 nitrogen and oxygen atoms in total. The van der Waals surface area contributed by atoms with Gasteiger partial charge in [-0.2, -0.15) is 4.31 Å². The van der Waals surface area contributed by atoms with Gasteiger partial charge in [0.05, 0.1) is 30.9 Å². The topological polar surface area (TPSA) is 80.1 Å². The summed E-state index contributed by atoms with van der Waals surface area (Å²) in [7, 11) is -3.96. The lowest BCUT2D eigenvalue weighted by atomic mass is 10.1. The fourth-order valence-electron chi connectivity index (χ4n) is 4.00. The molecule has 32 heavy (non-hydrogen) atoms. The number of hydrogen-bond donors (Lipinski definition) is 0. The Hall–Kier alpha value is -3.10. The van der Waals surface area contributed by atoms with Gasteiger partial charge in [0.1, 0.15) is 11.5 Å². The molecule has 0 aliphatic carbocycles. The van der Waals surface area contributed by atoms with Gasteiger partial charge in [0.2, 0.25) is 15.9 Å². The molecule has 1 aliphatic heterocycles. The molecule has 168 valence electrons. The van der Waals surface area contributed by atoms with E-state index in [-0.39, 0.29) is 29.9 Å². The van der Waals surface area contributed by atoms with Crippen molar-refractivity contribution in [3.8, 4) is 5.75 Å². The Bertz CT molecular complexity index is 1170. The second-order valence-corrected chi connectivity index (χ2v) is 9.64. The maximum absolute atomic E-state index is 13.5. The second kappa shape index (κ2) is 9.18. The summed E-state index contributed by atoms with van der Waals surface area (Å²) in [6, 6.07) is 17.3. The summed E-state index contributed by atoms with van der Waals surface area (Å²) in [6.07, 6.45) is 2.23. The Morgan fingerprint density at radius 1 is 1.12 bits per heavy atom. The average Bonchev–Trinajstić information content (AvgIpc) is 3.40. The summed E-state index contributed by atoms with van der Waals surface area (Å²) in [5.41, 5.74) is 1.92. The van der Waals surface area contributed by atoms with Crippen LogP contribution in [0.1, 0.15) is 25.2 Å². The molecule has 1 unspecified atom stereocenters. The number of rotatable bonds is 8. The summed E-state index contributed by atoms with van der Waals surface area (Å²) in [6.45, 7) is 3.97. The molecule has 1 amide bonds. The van der Waals surface area contributed by atoms with Crippen LogP contribution >= 0.6 is 0 Å². The zero-order chi connectivity index (χ0) is 22.7. The van der Waals surface area contributed by atoms with Gasteiger partial charge in [-0.15, -0.1) is 0 Å². The molecule has 2 heterocycles. The third kappa shape index (κ3) is 4.42.